The van der Waals surface area contributed by atoms with Crippen LogP contribution in [0.5, 0.6) is 5.75 Å². The zero-order valence-corrected chi connectivity index (χ0v) is 23.2. The average molecular weight is 559 g/mol. The van der Waals surface area contributed by atoms with Gasteiger partial charge in [0.1, 0.15) is 11.8 Å². The summed E-state index contributed by atoms with van der Waals surface area (Å²) in [5.41, 5.74) is 8.63. The number of nitrogens with one attached hydrogen (secondary N) is 3. The van der Waals surface area contributed by atoms with E-state index in [9.17, 15) is 19.5 Å². The van der Waals surface area contributed by atoms with E-state index < -0.39 is 42.0 Å². The minimum absolute atomic E-state index is 0.112. The number of benzene rings is 3. The zero-order valence-electron chi connectivity index (χ0n) is 23.2. The maximum atomic E-state index is 13.7. The highest BCUT2D eigenvalue weighted by molar-refractivity contribution is 5.91. The minimum Gasteiger partial charge on any atom is -0.497 e. The fraction of sp³-hybridized carbons (Fsp3) is 0.344. The molecule has 9 heteroatoms. The number of hydrogen-bond acceptors (Lipinski definition) is 6. The Hall–Kier alpha value is -4.21. The van der Waals surface area contributed by atoms with E-state index in [4.69, 9.17) is 10.5 Å². The molecule has 1 fully saturated rings. The topological polar surface area (TPSA) is 143 Å². The lowest BCUT2D eigenvalue weighted by molar-refractivity contribution is -0.134. The number of methoxy groups -OCH3 is 1. The van der Waals surface area contributed by atoms with Gasteiger partial charge >= 0.3 is 0 Å². The first-order chi connectivity index (χ1) is 19.8. The Labute approximate surface area is 240 Å². The van der Waals surface area contributed by atoms with E-state index >= 15 is 0 Å². The van der Waals surface area contributed by atoms with Crippen LogP contribution in [0.3, 0.4) is 0 Å². The highest BCUT2D eigenvalue weighted by atomic mass is 16.5. The van der Waals surface area contributed by atoms with Crippen molar-refractivity contribution >= 4 is 17.7 Å². The van der Waals surface area contributed by atoms with Crippen LogP contribution < -0.4 is 26.4 Å². The van der Waals surface area contributed by atoms with Crippen molar-refractivity contribution in [3.8, 4) is 5.75 Å². The number of aliphatic hydroxyl groups excluding tert-OH is 1. The Morgan fingerprint density at radius 1 is 0.805 bits per heavy atom. The quantitative estimate of drug-likeness (QED) is 0.204. The molecule has 0 heterocycles. The summed E-state index contributed by atoms with van der Waals surface area (Å²) >= 11 is 0. The van der Waals surface area contributed by atoms with Gasteiger partial charge in [-0.05, 0) is 54.0 Å². The molecule has 9 nitrogen and oxygen atoms in total. The molecule has 41 heavy (non-hydrogen) atoms. The second kappa shape index (κ2) is 14.4. The van der Waals surface area contributed by atoms with Crippen molar-refractivity contribution in [2.45, 2.75) is 56.5 Å². The van der Waals surface area contributed by atoms with Crippen molar-refractivity contribution in [3.63, 3.8) is 0 Å². The molecule has 0 aromatic heterocycles. The number of carbonyl (C=O) groups is 3. The number of rotatable bonds is 14. The smallest absolute Gasteiger partial charge is 0.251 e. The number of hydrogen-bond donors (Lipinski definition) is 5. The van der Waals surface area contributed by atoms with Crippen LogP contribution in [-0.2, 0) is 33.8 Å². The summed E-state index contributed by atoms with van der Waals surface area (Å²) in [5, 5.41) is 19.5. The predicted octanol–water partition coefficient (Wildman–Crippen LogP) is 1.86. The van der Waals surface area contributed by atoms with E-state index in [-0.39, 0.29) is 25.3 Å². The normalized spacial score (nSPS) is 15.6. The van der Waals surface area contributed by atoms with Gasteiger partial charge < -0.3 is 31.5 Å². The molecule has 0 spiro atoms. The molecule has 0 aliphatic heterocycles. The summed E-state index contributed by atoms with van der Waals surface area (Å²) in [4.78, 5) is 39.6. The summed E-state index contributed by atoms with van der Waals surface area (Å²) in [6.07, 6.45) is 0.625. The molecule has 1 aliphatic carbocycles. The van der Waals surface area contributed by atoms with Gasteiger partial charge in [0.2, 0.25) is 11.8 Å². The van der Waals surface area contributed by atoms with Gasteiger partial charge in [-0.1, -0.05) is 72.8 Å². The van der Waals surface area contributed by atoms with Crippen LogP contribution in [0.2, 0.25) is 0 Å². The van der Waals surface area contributed by atoms with Gasteiger partial charge in [-0.25, -0.2) is 0 Å². The molecule has 1 aliphatic rings. The summed E-state index contributed by atoms with van der Waals surface area (Å²) in [7, 11) is 1.57. The fourth-order valence-electron chi connectivity index (χ4n) is 4.61. The fourth-order valence-corrected chi connectivity index (χ4v) is 4.61. The van der Waals surface area contributed by atoms with Crippen LogP contribution in [0.25, 0.3) is 0 Å². The molecule has 3 amide bonds. The molecule has 0 bridgehead atoms. The van der Waals surface area contributed by atoms with Crippen LogP contribution >= 0.6 is 0 Å². The SMILES string of the molecule is COc1ccc(C[C@H](NC(=O)[C@@H](N)C2CC2)C(=O)N[C@@H](Cc2ccccc2)C(O)C(=O)NCc2ccccc2)cc1. The van der Waals surface area contributed by atoms with E-state index in [2.05, 4.69) is 16.0 Å². The molecule has 0 saturated heterocycles. The highest BCUT2D eigenvalue weighted by Crippen LogP contribution is 2.31. The predicted molar refractivity (Wildman–Crippen MR) is 156 cm³/mol. The Kier molecular flexibility index (Phi) is 10.5. The lowest BCUT2D eigenvalue weighted by Gasteiger charge is -2.27. The highest BCUT2D eigenvalue weighted by Gasteiger charge is 2.36. The number of nitrogens with two attached hydrogens (primary N) is 1. The molecule has 1 unspecified atom stereocenters. The second-order valence-corrected chi connectivity index (χ2v) is 10.4. The Morgan fingerprint density at radius 2 is 1.39 bits per heavy atom. The molecule has 3 aromatic carbocycles. The maximum absolute atomic E-state index is 13.7. The van der Waals surface area contributed by atoms with Crippen molar-refractivity contribution in [1.29, 1.82) is 0 Å². The van der Waals surface area contributed by atoms with Crippen molar-refractivity contribution in [1.82, 2.24) is 16.0 Å². The van der Waals surface area contributed by atoms with Gasteiger partial charge in [-0.3, -0.25) is 14.4 Å². The number of amides is 3. The minimum atomic E-state index is -1.53. The van der Waals surface area contributed by atoms with Crippen LogP contribution in [0.15, 0.2) is 84.9 Å². The lowest BCUT2D eigenvalue weighted by Crippen LogP contribution is -2.58. The molecular formula is C32H38N4O5. The summed E-state index contributed by atoms with van der Waals surface area (Å²) in [5.74, 6) is -0.751. The van der Waals surface area contributed by atoms with Gasteiger partial charge in [0.25, 0.3) is 5.91 Å². The monoisotopic (exact) mass is 558 g/mol. The van der Waals surface area contributed by atoms with E-state index in [1.165, 1.54) is 0 Å². The standard InChI is InChI=1S/C32H38N4O5/c1-41-25-16-12-22(13-17-25)19-27(36-31(39)28(33)24-14-15-24)30(38)35-26(18-21-8-4-2-5-9-21)29(37)32(40)34-20-23-10-6-3-7-11-23/h2-13,16-17,24,26-29,37H,14-15,18-20,33H2,1H3,(H,34,40)(H,35,38)(H,36,39)/t26-,27-,28-,29?/m0/s1. The third kappa shape index (κ3) is 8.89. The van der Waals surface area contributed by atoms with Crippen LogP contribution in [0, 0.1) is 5.92 Å². The summed E-state index contributed by atoms with van der Waals surface area (Å²) in [6.45, 7) is 0.234. The first-order valence-electron chi connectivity index (χ1n) is 13.9. The first kappa shape index (κ1) is 29.8. The van der Waals surface area contributed by atoms with Crippen molar-refractivity contribution in [3.05, 3.63) is 102 Å². The van der Waals surface area contributed by atoms with Gasteiger partial charge in [-0.15, -0.1) is 0 Å². The van der Waals surface area contributed by atoms with Gasteiger partial charge in [0.15, 0.2) is 6.10 Å². The Morgan fingerprint density at radius 3 is 1.98 bits per heavy atom. The molecule has 4 atom stereocenters. The lowest BCUT2D eigenvalue weighted by atomic mass is 9.98. The molecular weight excluding hydrogens is 520 g/mol. The van der Waals surface area contributed by atoms with Gasteiger partial charge in [0.05, 0.1) is 19.2 Å². The Balaban J connectivity index is 1.51. The van der Waals surface area contributed by atoms with Crippen molar-refractivity contribution < 1.29 is 24.2 Å². The molecule has 0 radical (unpaired) electrons. The van der Waals surface area contributed by atoms with E-state index in [0.29, 0.717) is 5.75 Å². The molecule has 1 saturated carbocycles. The maximum Gasteiger partial charge on any atom is 0.251 e. The largest absolute Gasteiger partial charge is 0.497 e. The third-order valence-corrected chi connectivity index (χ3v) is 7.25. The van der Waals surface area contributed by atoms with E-state index in [1.807, 2.05) is 72.8 Å². The van der Waals surface area contributed by atoms with Crippen LogP contribution in [0.4, 0.5) is 0 Å². The van der Waals surface area contributed by atoms with E-state index in [0.717, 1.165) is 29.5 Å². The molecule has 3 aromatic rings. The molecule has 4 rings (SSSR count). The average Bonchev–Trinajstić information content (AvgIpc) is 3.85. The summed E-state index contributed by atoms with van der Waals surface area (Å²) in [6, 6.07) is 23.2. The van der Waals surface area contributed by atoms with Crippen LogP contribution in [0.1, 0.15) is 29.5 Å². The Bertz CT molecular complexity index is 1280. The van der Waals surface area contributed by atoms with E-state index in [1.54, 1.807) is 19.2 Å². The van der Waals surface area contributed by atoms with Crippen LogP contribution in [-0.4, -0.2) is 54.2 Å². The second-order valence-electron chi connectivity index (χ2n) is 10.4. The van der Waals surface area contributed by atoms with Crippen molar-refractivity contribution in [2.75, 3.05) is 7.11 Å². The summed E-state index contributed by atoms with van der Waals surface area (Å²) < 4.78 is 5.23. The van der Waals surface area contributed by atoms with Gasteiger partial charge in [0, 0.05) is 13.0 Å². The molecule has 216 valence electrons. The number of aliphatic hydroxyl groups is 1. The molecule has 6 N–H and O–H groups in total. The third-order valence-electron chi connectivity index (χ3n) is 7.25. The number of carbonyl (C=O) groups excluding carboxylic acids is 3. The van der Waals surface area contributed by atoms with Gasteiger partial charge in [-0.2, -0.15) is 0 Å². The van der Waals surface area contributed by atoms with Crippen molar-refractivity contribution in [2.24, 2.45) is 11.7 Å². The first-order valence-corrected chi connectivity index (χ1v) is 13.9. The zero-order chi connectivity index (χ0) is 29.2. The number of ether oxygens (including phenoxy) is 1.